The van der Waals surface area contributed by atoms with Gasteiger partial charge in [0.15, 0.2) is 0 Å². The van der Waals surface area contributed by atoms with Gasteiger partial charge in [0.05, 0.1) is 5.75 Å². The minimum atomic E-state index is -3.05. The van der Waals surface area contributed by atoms with Gasteiger partial charge in [-0.3, -0.25) is 0 Å². The Bertz CT molecular complexity index is 352. The van der Waals surface area contributed by atoms with E-state index in [1.807, 2.05) is 6.92 Å². The fourth-order valence-corrected chi connectivity index (χ4v) is 5.20. The second-order valence-electron chi connectivity index (χ2n) is 5.92. The Morgan fingerprint density at radius 3 is 2.59 bits per heavy atom. The average Bonchev–Trinajstić information content (AvgIpc) is 2.87. The molecule has 2 saturated carbocycles. The molecule has 4 atom stereocenters. The summed E-state index contributed by atoms with van der Waals surface area (Å²) in [5.41, 5.74) is 0. The third-order valence-electron chi connectivity index (χ3n) is 4.57. The maximum Gasteiger partial charge on any atom is 0.211 e. The summed E-state index contributed by atoms with van der Waals surface area (Å²) in [7, 11) is -3.05. The van der Waals surface area contributed by atoms with Gasteiger partial charge in [-0.2, -0.15) is 0 Å². The molecule has 2 aliphatic rings. The molecule has 3 nitrogen and oxygen atoms in total. The zero-order valence-electron chi connectivity index (χ0n) is 11.0. The maximum atomic E-state index is 11.9. The van der Waals surface area contributed by atoms with E-state index in [2.05, 4.69) is 11.6 Å². The molecule has 2 rings (SSSR count). The molecule has 0 heterocycles. The van der Waals surface area contributed by atoms with E-state index >= 15 is 0 Å². The topological polar surface area (TPSA) is 46.2 Å². The highest BCUT2D eigenvalue weighted by molar-refractivity contribution is 7.89. The molecule has 2 aliphatic carbocycles. The van der Waals surface area contributed by atoms with Gasteiger partial charge in [0.2, 0.25) is 10.0 Å². The number of sulfonamides is 1. The summed E-state index contributed by atoms with van der Waals surface area (Å²) in [4.78, 5) is 0. The zero-order chi connectivity index (χ0) is 12.5. The van der Waals surface area contributed by atoms with Gasteiger partial charge >= 0.3 is 0 Å². The Balaban J connectivity index is 1.86. The average molecular weight is 259 g/mol. The quantitative estimate of drug-likeness (QED) is 0.796. The van der Waals surface area contributed by atoms with Crippen molar-refractivity contribution in [1.82, 2.24) is 4.72 Å². The molecule has 2 fully saturated rings. The van der Waals surface area contributed by atoms with Crippen LogP contribution in [-0.4, -0.2) is 20.2 Å². The molecular formula is C13H25NO2S. The lowest BCUT2D eigenvalue weighted by Crippen LogP contribution is -2.41. The molecule has 100 valence electrons. The van der Waals surface area contributed by atoms with Crippen molar-refractivity contribution in [3.63, 3.8) is 0 Å². The van der Waals surface area contributed by atoms with Crippen molar-refractivity contribution >= 4 is 10.0 Å². The monoisotopic (exact) mass is 259 g/mol. The van der Waals surface area contributed by atoms with Crippen LogP contribution in [-0.2, 0) is 10.0 Å². The lowest BCUT2D eigenvalue weighted by atomic mass is 9.84. The van der Waals surface area contributed by atoms with E-state index < -0.39 is 10.0 Å². The molecule has 0 aliphatic heterocycles. The van der Waals surface area contributed by atoms with Crippen LogP contribution >= 0.6 is 0 Å². The molecule has 0 aromatic rings. The highest BCUT2D eigenvalue weighted by Gasteiger charge is 2.42. The van der Waals surface area contributed by atoms with Crippen LogP contribution < -0.4 is 4.72 Å². The Morgan fingerprint density at radius 1 is 1.29 bits per heavy atom. The lowest BCUT2D eigenvalue weighted by Gasteiger charge is -2.28. The minimum absolute atomic E-state index is 0.132. The highest BCUT2D eigenvalue weighted by Crippen LogP contribution is 2.49. The van der Waals surface area contributed by atoms with Crippen LogP contribution in [0.4, 0.5) is 0 Å². The first kappa shape index (κ1) is 13.3. The standard InChI is InChI=1S/C13H25NO2S/c1-3-4-7-17(15,16)14-10(2)13-9-11-5-6-12(13)8-11/h10-14H,3-9H2,1-2H3/t10-,11-,12-,13-/m0/s1. The number of fused-ring (bicyclic) bond motifs is 2. The normalized spacial score (nSPS) is 34.1. The number of unbranched alkanes of at least 4 members (excludes halogenated alkanes) is 1. The number of hydrogen-bond acceptors (Lipinski definition) is 2. The first-order valence-electron chi connectivity index (χ1n) is 7.02. The lowest BCUT2D eigenvalue weighted by molar-refractivity contribution is 0.280. The number of rotatable bonds is 6. The van der Waals surface area contributed by atoms with Gasteiger partial charge in [0.1, 0.15) is 0 Å². The molecule has 0 radical (unpaired) electrons. The molecule has 0 spiro atoms. The Kier molecular flexibility index (Phi) is 4.14. The van der Waals surface area contributed by atoms with Gasteiger partial charge in [-0.25, -0.2) is 13.1 Å². The van der Waals surface area contributed by atoms with Crippen LogP contribution in [0.5, 0.6) is 0 Å². The molecule has 17 heavy (non-hydrogen) atoms. The highest BCUT2D eigenvalue weighted by atomic mass is 32.2. The summed E-state index contributed by atoms with van der Waals surface area (Å²) in [5.74, 6) is 2.54. The smallest absolute Gasteiger partial charge is 0.211 e. The largest absolute Gasteiger partial charge is 0.212 e. The zero-order valence-corrected chi connectivity index (χ0v) is 11.8. The summed E-state index contributed by atoms with van der Waals surface area (Å²) in [5, 5.41) is 0. The van der Waals surface area contributed by atoms with E-state index in [9.17, 15) is 8.42 Å². The number of nitrogens with one attached hydrogen (secondary N) is 1. The van der Waals surface area contributed by atoms with Crippen LogP contribution in [0.1, 0.15) is 52.4 Å². The number of hydrogen-bond donors (Lipinski definition) is 1. The molecule has 0 saturated heterocycles. The van der Waals surface area contributed by atoms with Gasteiger partial charge in [-0.15, -0.1) is 0 Å². The van der Waals surface area contributed by atoms with Crippen LogP contribution in [0.25, 0.3) is 0 Å². The van der Waals surface area contributed by atoms with Gasteiger partial charge in [0.25, 0.3) is 0 Å². The summed E-state index contributed by atoms with van der Waals surface area (Å²) in [6, 6.07) is 0.132. The van der Waals surface area contributed by atoms with Gasteiger partial charge in [0, 0.05) is 6.04 Å². The first-order chi connectivity index (χ1) is 8.02. The molecule has 1 N–H and O–H groups in total. The van der Waals surface area contributed by atoms with Crippen LogP contribution in [0.2, 0.25) is 0 Å². The molecule has 0 aromatic carbocycles. The van der Waals surface area contributed by atoms with Crippen molar-refractivity contribution < 1.29 is 8.42 Å². The molecule has 4 heteroatoms. The fourth-order valence-electron chi connectivity index (χ4n) is 3.67. The van der Waals surface area contributed by atoms with Gasteiger partial charge < -0.3 is 0 Å². The van der Waals surface area contributed by atoms with Gasteiger partial charge in [-0.1, -0.05) is 19.8 Å². The van der Waals surface area contributed by atoms with E-state index in [4.69, 9.17) is 0 Å². The van der Waals surface area contributed by atoms with E-state index in [-0.39, 0.29) is 11.8 Å². The second kappa shape index (κ2) is 5.27. The molecule has 0 unspecified atom stereocenters. The molecule has 0 aromatic heterocycles. The van der Waals surface area contributed by atoms with E-state index in [0.29, 0.717) is 5.92 Å². The Morgan fingerprint density at radius 2 is 2.06 bits per heavy atom. The third-order valence-corrected chi connectivity index (χ3v) is 6.12. The van der Waals surface area contributed by atoms with Crippen LogP contribution in [0.3, 0.4) is 0 Å². The van der Waals surface area contributed by atoms with Crippen LogP contribution in [0, 0.1) is 17.8 Å². The van der Waals surface area contributed by atoms with Crippen LogP contribution in [0.15, 0.2) is 0 Å². The molecular weight excluding hydrogens is 234 g/mol. The van der Waals surface area contributed by atoms with Crippen molar-refractivity contribution in [2.75, 3.05) is 5.75 Å². The van der Waals surface area contributed by atoms with Gasteiger partial charge in [-0.05, 0) is 50.4 Å². The summed E-state index contributed by atoms with van der Waals surface area (Å²) < 4.78 is 26.6. The fraction of sp³-hybridized carbons (Fsp3) is 1.00. The minimum Gasteiger partial charge on any atom is -0.212 e. The summed E-state index contributed by atoms with van der Waals surface area (Å²) in [6.07, 6.45) is 6.96. The SMILES string of the molecule is CCCCS(=O)(=O)N[C@@H](C)[C@@H]1C[C@H]2CC[C@H]1C2. The molecule has 2 bridgehead atoms. The van der Waals surface area contributed by atoms with E-state index in [0.717, 1.165) is 24.7 Å². The first-order valence-corrected chi connectivity index (χ1v) is 8.67. The molecule has 0 amide bonds. The van der Waals surface area contributed by atoms with E-state index in [1.54, 1.807) is 0 Å². The van der Waals surface area contributed by atoms with Crippen molar-refractivity contribution in [1.29, 1.82) is 0 Å². The Hall–Kier alpha value is -0.0900. The van der Waals surface area contributed by atoms with Crippen molar-refractivity contribution in [2.24, 2.45) is 17.8 Å². The summed E-state index contributed by atoms with van der Waals surface area (Å²) >= 11 is 0. The predicted molar refractivity (Wildman–Crippen MR) is 70.2 cm³/mol. The summed E-state index contributed by atoms with van der Waals surface area (Å²) in [6.45, 7) is 4.07. The third kappa shape index (κ3) is 3.22. The maximum absolute atomic E-state index is 11.9. The predicted octanol–water partition coefficient (Wildman–Crippen LogP) is 2.53. The van der Waals surface area contributed by atoms with E-state index in [1.165, 1.54) is 25.7 Å². The van der Waals surface area contributed by atoms with Crippen molar-refractivity contribution in [3.05, 3.63) is 0 Å². The second-order valence-corrected chi connectivity index (χ2v) is 7.79. The Labute approximate surface area is 105 Å². The van der Waals surface area contributed by atoms with Crippen molar-refractivity contribution in [2.45, 2.75) is 58.4 Å². The van der Waals surface area contributed by atoms with Crippen molar-refractivity contribution in [3.8, 4) is 0 Å².